The van der Waals surface area contributed by atoms with Crippen molar-refractivity contribution in [2.75, 3.05) is 18.5 Å². The molecule has 4 heteroatoms. The van der Waals surface area contributed by atoms with Gasteiger partial charge in [-0.1, -0.05) is 6.07 Å². The summed E-state index contributed by atoms with van der Waals surface area (Å²) in [5.41, 5.74) is 11.1. The molecule has 2 heterocycles. The fourth-order valence-electron chi connectivity index (χ4n) is 2.67. The highest BCUT2D eigenvalue weighted by atomic mass is 32.1. The second kappa shape index (κ2) is 4.62. The summed E-state index contributed by atoms with van der Waals surface area (Å²) in [7, 11) is 2.14. The lowest BCUT2D eigenvalue weighted by atomic mass is 10.0. The fourth-order valence-corrected chi connectivity index (χ4v) is 3.57. The maximum absolute atomic E-state index is 6.06. The van der Waals surface area contributed by atoms with Gasteiger partial charge in [-0.15, -0.1) is 11.3 Å². The van der Waals surface area contributed by atoms with Gasteiger partial charge >= 0.3 is 0 Å². The van der Waals surface area contributed by atoms with Crippen LogP contribution in [0.4, 0.5) is 5.69 Å². The van der Waals surface area contributed by atoms with E-state index in [2.05, 4.69) is 35.1 Å². The minimum Gasteiger partial charge on any atom is -0.374 e. The molecule has 3 nitrogen and oxygen atoms in total. The first kappa shape index (κ1) is 12.6. The summed E-state index contributed by atoms with van der Waals surface area (Å²) < 4.78 is 0. The van der Waals surface area contributed by atoms with Crippen LogP contribution in [0.1, 0.15) is 28.4 Å². The Balaban J connectivity index is 2.08. The Bertz CT molecular complexity index is 616. The van der Waals surface area contributed by atoms with Gasteiger partial charge < -0.3 is 10.6 Å². The number of aryl methyl sites for hydroxylation is 1. The molecular weight excluding hydrogens is 254 g/mol. The zero-order valence-electron chi connectivity index (χ0n) is 11.6. The Morgan fingerprint density at radius 2 is 2.21 bits per heavy atom. The van der Waals surface area contributed by atoms with Crippen LogP contribution in [0.25, 0.3) is 11.3 Å². The van der Waals surface area contributed by atoms with Gasteiger partial charge in [0.05, 0.1) is 10.7 Å². The van der Waals surface area contributed by atoms with Crippen LogP contribution < -0.4 is 10.6 Å². The highest BCUT2D eigenvalue weighted by Crippen LogP contribution is 2.35. The number of nitrogens with two attached hydrogens (primary N) is 1. The minimum absolute atomic E-state index is 0.0390. The van der Waals surface area contributed by atoms with Crippen molar-refractivity contribution in [1.29, 1.82) is 0 Å². The molecule has 1 aliphatic rings. The topological polar surface area (TPSA) is 42.2 Å². The molecule has 0 aliphatic carbocycles. The summed E-state index contributed by atoms with van der Waals surface area (Å²) in [6, 6.07) is 6.69. The third-order valence-electron chi connectivity index (χ3n) is 3.65. The molecule has 1 unspecified atom stereocenters. The van der Waals surface area contributed by atoms with Gasteiger partial charge in [-0.3, -0.25) is 0 Å². The molecular formula is C15H19N3S. The van der Waals surface area contributed by atoms with Gasteiger partial charge in [0.2, 0.25) is 0 Å². The van der Waals surface area contributed by atoms with Crippen molar-refractivity contribution < 1.29 is 0 Å². The molecule has 1 atom stereocenters. The van der Waals surface area contributed by atoms with E-state index >= 15 is 0 Å². The highest BCUT2D eigenvalue weighted by molar-refractivity contribution is 7.12. The van der Waals surface area contributed by atoms with Crippen molar-refractivity contribution in [3.63, 3.8) is 0 Å². The normalized spacial score (nSPS) is 15.7. The number of fused-ring (bicyclic) bond motifs is 1. The smallest absolute Gasteiger partial charge is 0.0905 e. The summed E-state index contributed by atoms with van der Waals surface area (Å²) in [6.07, 6.45) is 1.12. The number of hydrogen-bond acceptors (Lipinski definition) is 4. The van der Waals surface area contributed by atoms with Gasteiger partial charge in [0.25, 0.3) is 0 Å². The molecule has 100 valence electrons. The van der Waals surface area contributed by atoms with Crippen molar-refractivity contribution in [1.82, 2.24) is 4.98 Å². The van der Waals surface area contributed by atoms with E-state index in [0.29, 0.717) is 0 Å². The molecule has 19 heavy (non-hydrogen) atoms. The molecule has 2 N–H and O–H groups in total. The number of hydrogen-bond donors (Lipinski definition) is 1. The van der Waals surface area contributed by atoms with E-state index in [1.54, 1.807) is 11.3 Å². The minimum atomic E-state index is 0.0390. The Labute approximate surface area is 118 Å². The van der Waals surface area contributed by atoms with E-state index in [1.165, 1.54) is 21.7 Å². The molecule has 1 aromatic carbocycles. The van der Waals surface area contributed by atoms with Crippen molar-refractivity contribution in [3.8, 4) is 11.3 Å². The number of nitrogens with zero attached hydrogens (tertiary/aromatic N) is 2. The molecule has 0 fully saturated rings. The van der Waals surface area contributed by atoms with Crippen LogP contribution in [-0.4, -0.2) is 18.6 Å². The van der Waals surface area contributed by atoms with Crippen LogP contribution in [0.15, 0.2) is 18.2 Å². The van der Waals surface area contributed by atoms with E-state index in [0.717, 1.165) is 23.7 Å². The van der Waals surface area contributed by atoms with Crippen molar-refractivity contribution in [2.45, 2.75) is 26.3 Å². The molecule has 0 saturated carbocycles. The van der Waals surface area contributed by atoms with Crippen LogP contribution in [-0.2, 0) is 6.42 Å². The lowest BCUT2D eigenvalue weighted by molar-refractivity contribution is 0.837. The van der Waals surface area contributed by atoms with E-state index < -0.39 is 0 Å². The molecule has 0 radical (unpaired) electrons. The number of thiazole rings is 1. The second-order valence-corrected chi connectivity index (χ2v) is 6.48. The highest BCUT2D eigenvalue weighted by Gasteiger charge is 2.19. The van der Waals surface area contributed by atoms with Crippen molar-refractivity contribution in [3.05, 3.63) is 33.6 Å². The third-order valence-corrected chi connectivity index (χ3v) is 4.83. The molecule has 0 amide bonds. The Hall–Kier alpha value is -1.39. The first-order valence-electron chi connectivity index (χ1n) is 6.63. The zero-order chi connectivity index (χ0) is 13.6. The maximum atomic E-state index is 6.06. The predicted molar refractivity (Wildman–Crippen MR) is 81.9 cm³/mol. The quantitative estimate of drug-likeness (QED) is 0.914. The molecule has 1 aromatic heterocycles. The Morgan fingerprint density at radius 3 is 2.95 bits per heavy atom. The van der Waals surface area contributed by atoms with Gasteiger partial charge in [-0.25, -0.2) is 4.98 Å². The van der Waals surface area contributed by atoms with E-state index in [1.807, 2.05) is 13.8 Å². The molecule has 0 saturated heterocycles. The lowest BCUT2D eigenvalue weighted by Gasteiger charge is -2.12. The number of aromatic nitrogens is 1. The average Bonchev–Trinajstić information content (AvgIpc) is 2.93. The first-order valence-corrected chi connectivity index (χ1v) is 7.45. The largest absolute Gasteiger partial charge is 0.374 e. The summed E-state index contributed by atoms with van der Waals surface area (Å²) in [6.45, 7) is 5.17. The van der Waals surface area contributed by atoms with E-state index in [-0.39, 0.29) is 6.04 Å². The van der Waals surface area contributed by atoms with Crippen molar-refractivity contribution >= 4 is 17.0 Å². The third kappa shape index (κ3) is 2.15. The monoisotopic (exact) mass is 273 g/mol. The van der Waals surface area contributed by atoms with E-state index in [4.69, 9.17) is 5.73 Å². The van der Waals surface area contributed by atoms with Crippen LogP contribution >= 0.6 is 11.3 Å². The number of likely N-dealkylation sites (N-methyl/N-ethyl adjacent to an activating group) is 1. The zero-order valence-corrected chi connectivity index (χ0v) is 12.4. The van der Waals surface area contributed by atoms with Crippen LogP contribution in [0.3, 0.4) is 0 Å². The molecule has 0 spiro atoms. The summed E-state index contributed by atoms with van der Waals surface area (Å²) in [4.78, 5) is 8.16. The Morgan fingerprint density at radius 1 is 1.42 bits per heavy atom. The van der Waals surface area contributed by atoms with Gasteiger partial charge in [0, 0.05) is 35.8 Å². The molecule has 2 aromatic rings. The SMILES string of the molecule is Cc1nc(-c2ccc3c(c2)CCN3C)c(C(C)N)s1. The summed E-state index contributed by atoms with van der Waals surface area (Å²) in [5.74, 6) is 0. The van der Waals surface area contributed by atoms with Gasteiger partial charge in [-0.2, -0.15) is 0 Å². The Kier molecular flexibility index (Phi) is 3.07. The molecule has 0 bridgehead atoms. The van der Waals surface area contributed by atoms with Crippen molar-refractivity contribution in [2.24, 2.45) is 5.73 Å². The maximum Gasteiger partial charge on any atom is 0.0905 e. The van der Waals surface area contributed by atoms with Crippen LogP contribution in [0.2, 0.25) is 0 Å². The first-order chi connectivity index (χ1) is 9.06. The molecule has 1 aliphatic heterocycles. The average molecular weight is 273 g/mol. The summed E-state index contributed by atoms with van der Waals surface area (Å²) >= 11 is 1.70. The van der Waals surface area contributed by atoms with Gasteiger partial charge in [0.15, 0.2) is 0 Å². The number of rotatable bonds is 2. The second-order valence-electron chi connectivity index (χ2n) is 5.25. The molecule has 3 rings (SSSR count). The van der Waals surface area contributed by atoms with Crippen LogP contribution in [0, 0.1) is 6.92 Å². The van der Waals surface area contributed by atoms with Gasteiger partial charge in [-0.05, 0) is 38.0 Å². The summed E-state index contributed by atoms with van der Waals surface area (Å²) in [5, 5.41) is 1.08. The lowest BCUT2D eigenvalue weighted by Crippen LogP contribution is -2.12. The standard InChI is InChI=1S/C15H19N3S/c1-9(16)15-14(17-10(2)19-15)12-4-5-13-11(8-12)6-7-18(13)3/h4-5,8-9H,6-7,16H2,1-3H3. The number of anilines is 1. The van der Waals surface area contributed by atoms with E-state index in [9.17, 15) is 0 Å². The predicted octanol–water partition coefficient (Wildman–Crippen LogP) is 3.13. The van der Waals surface area contributed by atoms with Gasteiger partial charge in [0.1, 0.15) is 0 Å². The van der Waals surface area contributed by atoms with Crippen LogP contribution in [0.5, 0.6) is 0 Å². The number of benzene rings is 1. The fraction of sp³-hybridized carbons (Fsp3) is 0.400.